The molecule has 0 fully saturated rings. The Hall–Kier alpha value is -2.63. The number of pyridine rings is 1. The van der Waals surface area contributed by atoms with Gasteiger partial charge in [-0.2, -0.15) is 5.26 Å². The molecule has 0 saturated carbocycles. The van der Waals surface area contributed by atoms with Gasteiger partial charge in [0, 0.05) is 0 Å². The van der Waals surface area contributed by atoms with Gasteiger partial charge in [0.25, 0.3) is 0 Å². The van der Waals surface area contributed by atoms with E-state index in [2.05, 4.69) is 9.72 Å². The van der Waals surface area contributed by atoms with Gasteiger partial charge in [-0.25, -0.2) is 13.6 Å². The lowest BCUT2D eigenvalue weighted by atomic mass is 10.1. The third kappa shape index (κ3) is 2.98. The van der Waals surface area contributed by atoms with Crippen LogP contribution in [0.5, 0.6) is 0 Å². The highest BCUT2D eigenvalue weighted by Crippen LogP contribution is 2.27. The van der Waals surface area contributed by atoms with Gasteiger partial charge in [-0.3, -0.25) is 0 Å². The zero-order valence-electron chi connectivity index (χ0n) is 9.59. The van der Waals surface area contributed by atoms with Crippen molar-refractivity contribution in [1.29, 1.82) is 5.26 Å². The molecule has 0 aliphatic rings. The van der Waals surface area contributed by atoms with Gasteiger partial charge in [0.05, 0.1) is 18.2 Å². The number of hydrogen-bond acceptors (Lipinski definition) is 6. The van der Waals surface area contributed by atoms with Crippen LogP contribution in [0.2, 0.25) is 0 Å². The van der Waals surface area contributed by atoms with Gasteiger partial charge in [0.1, 0.15) is 11.6 Å². The van der Waals surface area contributed by atoms with E-state index in [1.807, 2.05) is 0 Å². The van der Waals surface area contributed by atoms with Crippen molar-refractivity contribution in [3.05, 3.63) is 33.0 Å². The summed E-state index contributed by atoms with van der Waals surface area (Å²) < 4.78 is 30.0. The number of rotatable bonds is 4. The maximum Gasteiger partial charge on any atom is 0.364 e. The standard InChI is InChI=1S/C10H7F2N3O4/c1-2-19-10(16)5-3-7(15(17)18)14-8(9(11)12)6(5)4-13/h3,9H,2H2,1H3. The van der Waals surface area contributed by atoms with Gasteiger partial charge >= 0.3 is 18.2 Å². The van der Waals surface area contributed by atoms with Crippen LogP contribution >= 0.6 is 0 Å². The molecule has 0 amide bonds. The summed E-state index contributed by atoms with van der Waals surface area (Å²) in [4.78, 5) is 24.1. The highest BCUT2D eigenvalue weighted by Gasteiger charge is 2.30. The average molecular weight is 271 g/mol. The Balaban J connectivity index is 3.54. The molecule has 0 aliphatic heterocycles. The third-order valence-corrected chi connectivity index (χ3v) is 2.03. The SMILES string of the molecule is CCOC(=O)c1cc([N+](=O)[O-])nc(C(F)F)c1C#N. The van der Waals surface area contributed by atoms with E-state index in [9.17, 15) is 23.7 Å². The predicted molar refractivity (Wildman–Crippen MR) is 56.5 cm³/mol. The summed E-state index contributed by atoms with van der Waals surface area (Å²) in [6.45, 7) is 1.40. The van der Waals surface area contributed by atoms with Gasteiger partial charge in [-0.1, -0.05) is 0 Å². The lowest BCUT2D eigenvalue weighted by molar-refractivity contribution is -0.389. The first-order valence-electron chi connectivity index (χ1n) is 4.97. The fraction of sp³-hybridized carbons (Fsp3) is 0.300. The minimum Gasteiger partial charge on any atom is -0.462 e. The van der Waals surface area contributed by atoms with E-state index in [4.69, 9.17) is 5.26 Å². The van der Waals surface area contributed by atoms with Crippen LogP contribution < -0.4 is 0 Å². The molecule has 1 aromatic rings. The molecule has 9 heteroatoms. The van der Waals surface area contributed by atoms with E-state index in [1.165, 1.54) is 13.0 Å². The van der Waals surface area contributed by atoms with E-state index in [0.717, 1.165) is 0 Å². The van der Waals surface area contributed by atoms with Crippen LogP contribution in [0, 0.1) is 21.4 Å². The Labute approximate surface area is 105 Å². The monoisotopic (exact) mass is 271 g/mol. The summed E-state index contributed by atoms with van der Waals surface area (Å²) in [5.74, 6) is -2.04. The molecule has 0 atom stereocenters. The molecular formula is C10H7F2N3O4. The van der Waals surface area contributed by atoms with Gasteiger partial charge in [-0.15, -0.1) is 0 Å². The first-order valence-corrected chi connectivity index (χ1v) is 4.97. The fourth-order valence-electron chi connectivity index (χ4n) is 1.29. The number of ether oxygens (including phenoxy) is 1. The summed E-state index contributed by atoms with van der Waals surface area (Å²) >= 11 is 0. The zero-order valence-corrected chi connectivity index (χ0v) is 9.59. The quantitative estimate of drug-likeness (QED) is 0.470. The van der Waals surface area contributed by atoms with Gasteiger partial charge in [0.15, 0.2) is 0 Å². The largest absolute Gasteiger partial charge is 0.462 e. The maximum absolute atomic E-state index is 12.7. The molecule has 0 aliphatic carbocycles. The number of esters is 1. The topological polar surface area (TPSA) is 106 Å². The highest BCUT2D eigenvalue weighted by molar-refractivity contribution is 5.93. The molecule has 0 saturated heterocycles. The lowest BCUT2D eigenvalue weighted by Crippen LogP contribution is -2.12. The number of carbonyl (C=O) groups excluding carboxylic acids is 1. The van der Waals surface area contributed by atoms with Crippen molar-refractivity contribution >= 4 is 11.8 Å². The van der Waals surface area contributed by atoms with Crippen LogP contribution in [0.3, 0.4) is 0 Å². The summed E-state index contributed by atoms with van der Waals surface area (Å²) in [5.41, 5.74) is -2.43. The van der Waals surface area contributed by atoms with Crippen molar-refractivity contribution in [1.82, 2.24) is 4.98 Å². The molecule has 7 nitrogen and oxygen atoms in total. The van der Waals surface area contributed by atoms with Gasteiger partial charge in [-0.05, 0) is 16.8 Å². The minimum absolute atomic E-state index is 0.0656. The van der Waals surface area contributed by atoms with Crippen molar-refractivity contribution in [3.8, 4) is 6.07 Å². The summed E-state index contributed by atoms with van der Waals surface area (Å²) in [6.07, 6.45) is -3.22. The average Bonchev–Trinajstić information content (AvgIpc) is 2.36. The highest BCUT2D eigenvalue weighted by atomic mass is 19.3. The molecule has 1 rings (SSSR count). The molecule has 19 heavy (non-hydrogen) atoms. The van der Waals surface area contributed by atoms with E-state index in [1.54, 1.807) is 0 Å². The van der Waals surface area contributed by atoms with Crippen molar-refractivity contribution in [2.45, 2.75) is 13.3 Å². The summed E-state index contributed by atoms with van der Waals surface area (Å²) in [7, 11) is 0. The molecule has 0 unspecified atom stereocenters. The maximum atomic E-state index is 12.7. The lowest BCUT2D eigenvalue weighted by Gasteiger charge is -2.05. The van der Waals surface area contributed by atoms with Crippen LogP contribution in [-0.2, 0) is 4.74 Å². The number of carbonyl (C=O) groups is 1. The smallest absolute Gasteiger partial charge is 0.364 e. The van der Waals surface area contributed by atoms with E-state index < -0.39 is 40.0 Å². The molecule has 0 spiro atoms. The molecule has 0 bridgehead atoms. The third-order valence-electron chi connectivity index (χ3n) is 2.03. The molecule has 0 radical (unpaired) electrons. The van der Waals surface area contributed by atoms with Crippen LogP contribution in [0.1, 0.15) is 35.0 Å². The molecule has 1 heterocycles. The van der Waals surface area contributed by atoms with Crippen molar-refractivity contribution in [2.24, 2.45) is 0 Å². The Kier molecular flexibility index (Phi) is 4.41. The number of alkyl halides is 2. The summed E-state index contributed by atoms with van der Waals surface area (Å²) in [6, 6.07) is 2.03. The van der Waals surface area contributed by atoms with Crippen molar-refractivity contribution in [2.75, 3.05) is 6.61 Å². The van der Waals surface area contributed by atoms with Crippen LogP contribution in [0.15, 0.2) is 6.07 Å². The van der Waals surface area contributed by atoms with Crippen molar-refractivity contribution < 1.29 is 23.2 Å². The van der Waals surface area contributed by atoms with Gasteiger partial charge < -0.3 is 14.9 Å². The number of hydrogen-bond donors (Lipinski definition) is 0. The summed E-state index contributed by atoms with van der Waals surface area (Å²) in [5, 5.41) is 19.4. The zero-order chi connectivity index (χ0) is 14.6. The number of aromatic nitrogens is 1. The molecule has 0 N–H and O–H groups in total. The minimum atomic E-state index is -3.22. The molecule has 0 aromatic carbocycles. The Morgan fingerprint density at radius 3 is 2.74 bits per heavy atom. The predicted octanol–water partition coefficient (Wildman–Crippen LogP) is 1.98. The fourth-order valence-corrected chi connectivity index (χ4v) is 1.29. The number of halogens is 2. The Morgan fingerprint density at radius 1 is 1.68 bits per heavy atom. The van der Waals surface area contributed by atoms with E-state index in [0.29, 0.717) is 6.07 Å². The normalized spacial score (nSPS) is 10.1. The second-order valence-corrected chi connectivity index (χ2v) is 3.18. The van der Waals surface area contributed by atoms with E-state index in [-0.39, 0.29) is 6.61 Å². The Bertz CT molecular complexity index is 569. The first-order chi connectivity index (χ1) is 8.92. The first kappa shape index (κ1) is 14.4. The number of nitro groups is 1. The second-order valence-electron chi connectivity index (χ2n) is 3.18. The molecule has 1 aromatic heterocycles. The van der Waals surface area contributed by atoms with Crippen LogP contribution in [-0.4, -0.2) is 22.5 Å². The number of nitriles is 1. The van der Waals surface area contributed by atoms with Gasteiger partial charge in [0.2, 0.25) is 5.69 Å². The van der Waals surface area contributed by atoms with Crippen LogP contribution in [0.4, 0.5) is 14.6 Å². The van der Waals surface area contributed by atoms with E-state index >= 15 is 0 Å². The molecular weight excluding hydrogens is 264 g/mol. The molecule has 100 valence electrons. The number of nitrogens with zero attached hydrogens (tertiary/aromatic N) is 3. The Morgan fingerprint density at radius 2 is 2.32 bits per heavy atom. The second kappa shape index (κ2) is 5.81. The van der Waals surface area contributed by atoms with Crippen LogP contribution in [0.25, 0.3) is 0 Å². The van der Waals surface area contributed by atoms with Crippen molar-refractivity contribution in [3.63, 3.8) is 0 Å².